The van der Waals surface area contributed by atoms with Crippen molar-refractivity contribution in [3.05, 3.63) is 16.0 Å². The number of esters is 1. The number of anilines is 1. The summed E-state index contributed by atoms with van der Waals surface area (Å²) in [6.45, 7) is 3.75. The molecule has 2 rings (SSSR count). The molecule has 1 aliphatic rings. The maximum Gasteiger partial charge on any atom is 0.341 e. The fraction of sp³-hybridized carbons (Fsp3) is 0.562. The van der Waals surface area contributed by atoms with Gasteiger partial charge in [0.1, 0.15) is 5.00 Å². The zero-order valence-corrected chi connectivity index (χ0v) is 14.1. The Hall–Kier alpha value is -1.89. The minimum Gasteiger partial charge on any atom is -0.481 e. The van der Waals surface area contributed by atoms with E-state index in [2.05, 4.69) is 5.32 Å². The van der Waals surface area contributed by atoms with E-state index in [0.717, 1.165) is 29.7 Å². The number of aryl methyl sites for hydroxylation is 1. The summed E-state index contributed by atoms with van der Waals surface area (Å²) >= 11 is 1.42. The summed E-state index contributed by atoms with van der Waals surface area (Å²) in [7, 11) is 0. The quantitative estimate of drug-likeness (QED) is 0.745. The summed E-state index contributed by atoms with van der Waals surface area (Å²) in [5.41, 5.74) is 1.46. The van der Waals surface area contributed by atoms with Crippen LogP contribution in [-0.2, 0) is 27.2 Å². The molecule has 126 valence electrons. The number of aliphatic carboxylic acids is 1. The Morgan fingerprint density at radius 3 is 2.70 bits per heavy atom. The van der Waals surface area contributed by atoms with Crippen LogP contribution in [0.4, 0.5) is 5.00 Å². The molecule has 0 bridgehead atoms. The first-order valence-corrected chi connectivity index (χ1v) is 8.57. The Morgan fingerprint density at radius 1 is 1.30 bits per heavy atom. The molecule has 7 heteroatoms. The summed E-state index contributed by atoms with van der Waals surface area (Å²) in [5, 5.41) is 12.0. The van der Waals surface area contributed by atoms with E-state index in [9.17, 15) is 14.4 Å². The molecule has 1 atom stereocenters. The summed E-state index contributed by atoms with van der Waals surface area (Å²) in [4.78, 5) is 36.1. The second-order valence-electron chi connectivity index (χ2n) is 5.74. The van der Waals surface area contributed by atoms with Gasteiger partial charge in [0.25, 0.3) is 0 Å². The largest absolute Gasteiger partial charge is 0.481 e. The molecule has 2 N–H and O–H groups in total. The molecule has 0 saturated carbocycles. The normalized spacial score (nSPS) is 14.2. The van der Waals surface area contributed by atoms with Crippen LogP contribution in [0.25, 0.3) is 0 Å². The fourth-order valence-electron chi connectivity index (χ4n) is 2.78. The van der Waals surface area contributed by atoms with E-state index in [1.54, 1.807) is 13.8 Å². The lowest BCUT2D eigenvalue weighted by Crippen LogP contribution is -2.18. The topological polar surface area (TPSA) is 92.7 Å². The van der Waals surface area contributed by atoms with Crippen LogP contribution in [0.15, 0.2) is 0 Å². The summed E-state index contributed by atoms with van der Waals surface area (Å²) in [5.74, 6) is -1.86. The number of hydrogen-bond donors (Lipinski definition) is 2. The highest BCUT2D eigenvalue weighted by molar-refractivity contribution is 7.17. The molecule has 0 aromatic carbocycles. The number of amides is 1. The lowest BCUT2D eigenvalue weighted by Gasteiger charge is -2.10. The van der Waals surface area contributed by atoms with E-state index in [-0.39, 0.29) is 31.3 Å². The molecule has 23 heavy (non-hydrogen) atoms. The monoisotopic (exact) mass is 339 g/mol. The van der Waals surface area contributed by atoms with Crippen molar-refractivity contribution < 1.29 is 24.2 Å². The van der Waals surface area contributed by atoms with Crippen LogP contribution in [-0.4, -0.2) is 29.6 Å². The number of hydrogen-bond acceptors (Lipinski definition) is 5. The van der Waals surface area contributed by atoms with Gasteiger partial charge < -0.3 is 15.2 Å². The third-order valence-corrected chi connectivity index (χ3v) is 4.92. The van der Waals surface area contributed by atoms with E-state index in [0.29, 0.717) is 10.6 Å². The fourth-order valence-corrected chi connectivity index (χ4v) is 4.07. The maximum absolute atomic E-state index is 12.2. The van der Waals surface area contributed by atoms with Gasteiger partial charge in [-0.15, -0.1) is 11.3 Å². The Labute approximate surface area is 138 Å². The number of ether oxygens (including phenoxy) is 1. The first-order chi connectivity index (χ1) is 10.9. The number of carboxylic acids is 1. The summed E-state index contributed by atoms with van der Waals surface area (Å²) in [6, 6.07) is 0. The van der Waals surface area contributed by atoms with Crippen LogP contribution in [0.1, 0.15) is 53.9 Å². The van der Waals surface area contributed by atoms with E-state index < -0.39 is 11.9 Å². The second-order valence-corrected chi connectivity index (χ2v) is 6.84. The van der Waals surface area contributed by atoms with Gasteiger partial charge in [0.05, 0.1) is 12.2 Å². The Morgan fingerprint density at radius 2 is 2.04 bits per heavy atom. The number of thiophene rings is 1. The van der Waals surface area contributed by atoms with Crippen LogP contribution in [0, 0.1) is 5.92 Å². The Bertz CT molecular complexity index is 622. The van der Waals surface area contributed by atoms with E-state index in [1.165, 1.54) is 11.3 Å². The molecule has 1 heterocycles. The molecule has 0 radical (unpaired) electrons. The number of carbonyl (C=O) groups is 3. The molecule has 0 fully saturated rings. The van der Waals surface area contributed by atoms with Crippen molar-refractivity contribution in [2.75, 3.05) is 11.9 Å². The molecule has 1 unspecified atom stereocenters. The van der Waals surface area contributed by atoms with Crippen LogP contribution in [0.2, 0.25) is 0 Å². The number of rotatable bonds is 7. The predicted molar refractivity (Wildman–Crippen MR) is 87.0 cm³/mol. The third-order valence-electron chi connectivity index (χ3n) is 3.71. The predicted octanol–water partition coefficient (Wildman–Crippen LogP) is 2.85. The van der Waals surface area contributed by atoms with Crippen LogP contribution >= 0.6 is 11.3 Å². The van der Waals surface area contributed by atoms with E-state index in [1.807, 2.05) is 0 Å². The van der Waals surface area contributed by atoms with Crippen LogP contribution < -0.4 is 5.32 Å². The maximum atomic E-state index is 12.2. The molecule has 1 amide bonds. The van der Waals surface area contributed by atoms with E-state index in [4.69, 9.17) is 9.84 Å². The smallest absolute Gasteiger partial charge is 0.341 e. The minimum absolute atomic E-state index is 0.0565. The molecule has 0 saturated heterocycles. The first-order valence-electron chi connectivity index (χ1n) is 7.75. The van der Waals surface area contributed by atoms with Gasteiger partial charge in [0, 0.05) is 17.7 Å². The third kappa shape index (κ3) is 4.31. The Balaban J connectivity index is 2.12. The molecule has 1 aromatic heterocycles. The zero-order valence-electron chi connectivity index (χ0n) is 13.3. The average Bonchev–Trinajstić information content (AvgIpc) is 2.97. The molecule has 6 nitrogen and oxygen atoms in total. The number of nitrogens with one attached hydrogen (secondary N) is 1. The SMILES string of the molecule is CCOC(=O)c1c(NC(=O)CC(C)CC(=O)O)sc2c1CCC2. The molecule has 1 aromatic rings. The minimum atomic E-state index is -0.924. The van der Waals surface area contributed by atoms with Crippen molar-refractivity contribution in [3.63, 3.8) is 0 Å². The summed E-state index contributed by atoms with van der Waals surface area (Å²) < 4.78 is 5.11. The van der Waals surface area contributed by atoms with Crippen molar-refractivity contribution in [2.24, 2.45) is 5.92 Å². The second kappa shape index (κ2) is 7.59. The first kappa shape index (κ1) is 17.5. The molecular weight excluding hydrogens is 318 g/mol. The van der Waals surface area contributed by atoms with Crippen molar-refractivity contribution in [2.45, 2.75) is 46.0 Å². The highest BCUT2D eigenvalue weighted by Gasteiger charge is 2.28. The average molecular weight is 339 g/mol. The number of fused-ring (bicyclic) bond motifs is 1. The molecular formula is C16H21NO5S. The van der Waals surface area contributed by atoms with Gasteiger partial charge in [0.2, 0.25) is 5.91 Å². The van der Waals surface area contributed by atoms with Crippen molar-refractivity contribution in [1.29, 1.82) is 0 Å². The van der Waals surface area contributed by atoms with Crippen molar-refractivity contribution in [3.8, 4) is 0 Å². The van der Waals surface area contributed by atoms with Crippen LogP contribution in [0.3, 0.4) is 0 Å². The highest BCUT2D eigenvalue weighted by Crippen LogP contribution is 2.39. The van der Waals surface area contributed by atoms with Gasteiger partial charge >= 0.3 is 11.9 Å². The van der Waals surface area contributed by atoms with Crippen molar-refractivity contribution >= 4 is 34.2 Å². The summed E-state index contributed by atoms with van der Waals surface area (Å²) in [6.07, 6.45) is 2.80. The van der Waals surface area contributed by atoms with Gasteiger partial charge in [-0.05, 0) is 37.7 Å². The standard InChI is InChI=1S/C16H21NO5S/c1-3-22-16(21)14-10-5-4-6-11(10)23-15(14)17-12(18)7-9(2)8-13(19)20/h9H,3-8H2,1-2H3,(H,17,18)(H,19,20). The van der Waals surface area contributed by atoms with Gasteiger partial charge in [-0.3, -0.25) is 9.59 Å². The molecule has 0 aliphatic heterocycles. The van der Waals surface area contributed by atoms with Gasteiger partial charge in [0.15, 0.2) is 0 Å². The van der Waals surface area contributed by atoms with Gasteiger partial charge in [-0.1, -0.05) is 6.92 Å². The van der Waals surface area contributed by atoms with Crippen LogP contribution in [0.5, 0.6) is 0 Å². The lowest BCUT2D eigenvalue weighted by molar-refractivity contribution is -0.138. The van der Waals surface area contributed by atoms with Gasteiger partial charge in [-0.2, -0.15) is 0 Å². The molecule has 0 spiro atoms. The zero-order chi connectivity index (χ0) is 17.0. The number of carbonyl (C=O) groups excluding carboxylic acids is 2. The van der Waals surface area contributed by atoms with Gasteiger partial charge in [-0.25, -0.2) is 4.79 Å². The van der Waals surface area contributed by atoms with E-state index >= 15 is 0 Å². The molecule has 1 aliphatic carbocycles. The highest BCUT2D eigenvalue weighted by atomic mass is 32.1. The lowest BCUT2D eigenvalue weighted by atomic mass is 10.0. The van der Waals surface area contributed by atoms with Crippen molar-refractivity contribution in [1.82, 2.24) is 0 Å². The number of carboxylic acid groups (broad SMARTS) is 1. The Kier molecular flexibility index (Phi) is 5.76.